The maximum Gasteiger partial charge on any atom is 0.0348 e. The van der Waals surface area contributed by atoms with Crippen molar-refractivity contribution in [2.75, 3.05) is 45.8 Å². The SMILES string of the molecule is CCN1CCN2CCNCC2C1. The van der Waals surface area contributed by atoms with Gasteiger partial charge < -0.3 is 10.2 Å². The molecule has 2 fully saturated rings. The minimum Gasteiger partial charge on any atom is -0.314 e. The molecule has 2 aliphatic heterocycles. The lowest BCUT2D eigenvalue weighted by molar-refractivity contribution is 0.0609. The van der Waals surface area contributed by atoms with Gasteiger partial charge in [0.2, 0.25) is 0 Å². The first-order valence-electron chi connectivity index (χ1n) is 5.07. The second-order valence-electron chi connectivity index (χ2n) is 3.79. The lowest BCUT2D eigenvalue weighted by Crippen LogP contribution is -2.60. The molecule has 3 heteroatoms. The Balaban J connectivity index is 1.90. The molecule has 3 nitrogen and oxygen atoms in total. The van der Waals surface area contributed by atoms with Crippen LogP contribution in [0.3, 0.4) is 0 Å². The second kappa shape index (κ2) is 3.73. The summed E-state index contributed by atoms with van der Waals surface area (Å²) in [6, 6.07) is 0.785. The molecule has 0 bridgehead atoms. The molecule has 70 valence electrons. The van der Waals surface area contributed by atoms with E-state index in [2.05, 4.69) is 22.0 Å². The van der Waals surface area contributed by atoms with Crippen LogP contribution in [0, 0.1) is 0 Å². The van der Waals surface area contributed by atoms with Gasteiger partial charge in [-0.25, -0.2) is 0 Å². The first-order valence-corrected chi connectivity index (χ1v) is 5.07. The first-order chi connectivity index (χ1) is 5.90. The molecule has 0 aliphatic carbocycles. The summed E-state index contributed by atoms with van der Waals surface area (Å²) in [5.74, 6) is 0. The third kappa shape index (κ3) is 1.63. The van der Waals surface area contributed by atoms with Crippen LogP contribution >= 0.6 is 0 Å². The summed E-state index contributed by atoms with van der Waals surface area (Å²) in [7, 11) is 0. The molecule has 0 aromatic carbocycles. The van der Waals surface area contributed by atoms with Crippen molar-refractivity contribution in [3.8, 4) is 0 Å². The lowest BCUT2D eigenvalue weighted by Gasteiger charge is -2.43. The standard InChI is InChI=1S/C9H19N3/c1-2-11-5-6-12-4-3-10-7-9(12)8-11/h9-10H,2-8H2,1H3. The molecule has 2 heterocycles. The Morgan fingerprint density at radius 2 is 2.25 bits per heavy atom. The Labute approximate surface area is 74.7 Å². The zero-order valence-corrected chi connectivity index (χ0v) is 7.92. The van der Waals surface area contributed by atoms with Crippen LogP contribution < -0.4 is 5.32 Å². The number of piperazine rings is 2. The highest BCUT2D eigenvalue weighted by molar-refractivity contribution is 4.86. The van der Waals surface area contributed by atoms with E-state index in [-0.39, 0.29) is 0 Å². The lowest BCUT2D eigenvalue weighted by atomic mass is 10.1. The van der Waals surface area contributed by atoms with E-state index < -0.39 is 0 Å². The van der Waals surface area contributed by atoms with E-state index in [0.29, 0.717) is 0 Å². The van der Waals surface area contributed by atoms with E-state index in [1.165, 1.54) is 45.8 Å². The van der Waals surface area contributed by atoms with E-state index in [1.54, 1.807) is 0 Å². The van der Waals surface area contributed by atoms with Crippen LogP contribution in [0.15, 0.2) is 0 Å². The molecule has 0 aromatic heterocycles. The van der Waals surface area contributed by atoms with Gasteiger partial charge in [-0.2, -0.15) is 0 Å². The van der Waals surface area contributed by atoms with Crippen LogP contribution in [-0.4, -0.2) is 61.7 Å². The van der Waals surface area contributed by atoms with Crippen LogP contribution in [0.2, 0.25) is 0 Å². The molecule has 12 heavy (non-hydrogen) atoms. The van der Waals surface area contributed by atoms with Crippen molar-refractivity contribution in [2.24, 2.45) is 0 Å². The molecule has 1 atom stereocenters. The van der Waals surface area contributed by atoms with Gasteiger partial charge in [-0.3, -0.25) is 4.90 Å². The maximum atomic E-state index is 3.46. The van der Waals surface area contributed by atoms with Crippen molar-refractivity contribution >= 4 is 0 Å². The number of nitrogens with zero attached hydrogens (tertiary/aromatic N) is 2. The highest BCUT2D eigenvalue weighted by Gasteiger charge is 2.27. The van der Waals surface area contributed by atoms with Gasteiger partial charge in [0, 0.05) is 45.3 Å². The summed E-state index contributed by atoms with van der Waals surface area (Å²) in [6.45, 7) is 10.9. The van der Waals surface area contributed by atoms with Gasteiger partial charge in [-0.05, 0) is 6.54 Å². The van der Waals surface area contributed by atoms with E-state index in [0.717, 1.165) is 6.04 Å². The van der Waals surface area contributed by atoms with Gasteiger partial charge in [0.25, 0.3) is 0 Å². The Morgan fingerprint density at radius 1 is 1.33 bits per heavy atom. The normalized spacial score (nSPS) is 33.2. The van der Waals surface area contributed by atoms with Gasteiger partial charge in [0.05, 0.1) is 0 Å². The van der Waals surface area contributed by atoms with Crippen LogP contribution in [0.25, 0.3) is 0 Å². The zero-order chi connectivity index (χ0) is 8.39. The predicted molar refractivity (Wildman–Crippen MR) is 50.3 cm³/mol. The van der Waals surface area contributed by atoms with Crippen molar-refractivity contribution < 1.29 is 0 Å². The van der Waals surface area contributed by atoms with Crippen LogP contribution in [0.1, 0.15) is 6.92 Å². The molecular weight excluding hydrogens is 150 g/mol. The number of likely N-dealkylation sites (N-methyl/N-ethyl adjacent to an activating group) is 1. The van der Waals surface area contributed by atoms with E-state index in [9.17, 15) is 0 Å². The number of fused-ring (bicyclic) bond motifs is 1. The molecule has 2 rings (SSSR count). The van der Waals surface area contributed by atoms with Crippen LogP contribution in [-0.2, 0) is 0 Å². The summed E-state index contributed by atoms with van der Waals surface area (Å²) >= 11 is 0. The molecular formula is C9H19N3. The largest absolute Gasteiger partial charge is 0.314 e. The molecule has 2 aliphatic rings. The average Bonchev–Trinajstić information content (AvgIpc) is 2.17. The maximum absolute atomic E-state index is 3.46. The quantitative estimate of drug-likeness (QED) is 0.576. The molecule has 2 saturated heterocycles. The highest BCUT2D eigenvalue weighted by atomic mass is 15.3. The van der Waals surface area contributed by atoms with Gasteiger partial charge in [-0.1, -0.05) is 6.92 Å². The van der Waals surface area contributed by atoms with Crippen LogP contribution in [0.5, 0.6) is 0 Å². The van der Waals surface area contributed by atoms with Crippen molar-refractivity contribution in [1.29, 1.82) is 0 Å². The smallest absolute Gasteiger partial charge is 0.0348 e. The van der Waals surface area contributed by atoms with Gasteiger partial charge in [0.15, 0.2) is 0 Å². The van der Waals surface area contributed by atoms with Crippen molar-refractivity contribution in [1.82, 2.24) is 15.1 Å². The Morgan fingerprint density at radius 3 is 3.08 bits per heavy atom. The molecule has 1 unspecified atom stereocenters. The monoisotopic (exact) mass is 169 g/mol. The summed E-state index contributed by atoms with van der Waals surface area (Å²) in [4.78, 5) is 5.18. The predicted octanol–water partition coefficient (Wildman–Crippen LogP) is -0.404. The van der Waals surface area contributed by atoms with Crippen molar-refractivity contribution in [3.63, 3.8) is 0 Å². The molecule has 0 amide bonds. The van der Waals surface area contributed by atoms with Gasteiger partial charge in [-0.15, -0.1) is 0 Å². The third-order valence-electron chi connectivity index (χ3n) is 3.09. The highest BCUT2D eigenvalue weighted by Crippen LogP contribution is 2.10. The summed E-state index contributed by atoms with van der Waals surface area (Å²) in [6.07, 6.45) is 0. The Hall–Kier alpha value is -0.120. The van der Waals surface area contributed by atoms with E-state index >= 15 is 0 Å². The van der Waals surface area contributed by atoms with E-state index in [4.69, 9.17) is 0 Å². The molecule has 0 saturated carbocycles. The fraction of sp³-hybridized carbons (Fsp3) is 1.00. The minimum absolute atomic E-state index is 0.785. The van der Waals surface area contributed by atoms with Gasteiger partial charge >= 0.3 is 0 Å². The summed E-state index contributed by atoms with van der Waals surface area (Å²) in [5.41, 5.74) is 0. The fourth-order valence-corrected chi connectivity index (χ4v) is 2.22. The zero-order valence-electron chi connectivity index (χ0n) is 7.92. The topological polar surface area (TPSA) is 18.5 Å². The summed E-state index contributed by atoms with van der Waals surface area (Å²) < 4.78 is 0. The summed E-state index contributed by atoms with van der Waals surface area (Å²) in [5, 5.41) is 3.46. The molecule has 0 radical (unpaired) electrons. The molecule has 0 aromatic rings. The minimum atomic E-state index is 0.785. The van der Waals surface area contributed by atoms with Gasteiger partial charge in [0.1, 0.15) is 0 Å². The Kier molecular flexibility index (Phi) is 2.63. The fourth-order valence-electron chi connectivity index (χ4n) is 2.22. The van der Waals surface area contributed by atoms with E-state index in [1.807, 2.05) is 0 Å². The number of hydrogen-bond acceptors (Lipinski definition) is 3. The average molecular weight is 169 g/mol. The second-order valence-corrected chi connectivity index (χ2v) is 3.79. The Bertz CT molecular complexity index is 149. The number of rotatable bonds is 1. The number of hydrogen-bond donors (Lipinski definition) is 1. The molecule has 1 N–H and O–H groups in total. The number of nitrogens with one attached hydrogen (secondary N) is 1. The first kappa shape index (κ1) is 8.48. The van der Waals surface area contributed by atoms with Crippen LogP contribution in [0.4, 0.5) is 0 Å². The third-order valence-corrected chi connectivity index (χ3v) is 3.09. The van der Waals surface area contributed by atoms with Crippen molar-refractivity contribution in [3.05, 3.63) is 0 Å². The molecule has 0 spiro atoms. The van der Waals surface area contributed by atoms with Crippen molar-refractivity contribution in [2.45, 2.75) is 13.0 Å².